The Balaban J connectivity index is 1.71. The molecular weight excluding hydrogens is 266 g/mol. The van der Waals surface area contributed by atoms with E-state index < -0.39 is 0 Å². The molecule has 0 radical (unpaired) electrons. The molecule has 0 bridgehead atoms. The summed E-state index contributed by atoms with van der Waals surface area (Å²) >= 11 is 0. The number of hydrogen-bond donors (Lipinski definition) is 2. The maximum absolute atomic E-state index is 12.5. The van der Waals surface area contributed by atoms with Crippen molar-refractivity contribution in [3.05, 3.63) is 11.6 Å². The Morgan fingerprint density at radius 2 is 2.24 bits per heavy atom. The zero-order valence-electron chi connectivity index (χ0n) is 12.7. The lowest BCUT2D eigenvalue weighted by atomic mass is 9.94. The van der Waals surface area contributed by atoms with Gasteiger partial charge in [0.2, 0.25) is 5.91 Å². The van der Waals surface area contributed by atoms with Crippen LogP contribution in [-0.4, -0.2) is 27.2 Å². The number of hydrogen-bond acceptors (Lipinski definition) is 4. The SMILES string of the molecule is CCc1nc2n(n1)CCCC2NC(=O)[C@@H]1CCC[C@@H]1CN. The Morgan fingerprint density at radius 1 is 1.38 bits per heavy atom. The topological polar surface area (TPSA) is 85.8 Å². The van der Waals surface area contributed by atoms with Gasteiger partial charge in [0.1, 0.15) is 5.82 Å². The molecule has 2 aliphatic rings. The van der Waals surface area contributed by atoms with Gasteiger partial charge in [-0.15, -0.1) is 0 Å². The van der Waals surface area contributed by atoms with Crippen LogP contribution in [0, 0.1) is 11.8 Å². The molecule has 3 N–H and O–H groups in total. The van der Waals surface area contributed by atoms with Crippen LogP contribution in [0.15, 0.2) is 0 Å². The molecule has 0 spiro atoms. The Hall–Kier alpha value is -1.43. The zero-order valence-corrected chi connectivity index (χ0v) is 12.7. The fourth-order valence-electron chi connectivity index (χ4n) is 3.63. The first-order valence-electron chi connectivity index (χ1n) is 8.17. The largest absolute Gasteiger partial charge is 0.346 e. The molecule has 116 valence electrons. The molecule has 1 amide bonds. The molecule has 1 fully saturated rings. The quantitative estimate of drug-likeness (QED) is 0.872. The van der Waals surface area contributed by atoms with Gasteiger partial charge in [0, 0.05) is 18.9 Å². The lowest BCUT2D eigenvalue weighted by Gasteiger charge is -2.26. The predicted molar refractivity (Wildman–Crippen MR) is 79.4 cm³/mol. The Bertz CT molecular complexity index is 512. The molecule has 1 aromatic heterocycles. The number of aryl methyl sites for hydroxylation is 2. The Kier molecular flexibility index (Phi) is 4.24. The summed E-state index contributed by atoms with van der Waals surface area (Å²) in [5.41, 5.74) is 5.79. The predicted octanol–water partition coefficient (Wildman–Crippen LogP) is 1.17. The van der Waals surface area contributed by atoms with Crippen molar-refractivity contribution in [3.63, 3.8) is 0 Å². The highest BCUT2D eigenvalue weighted by Crippen LogP contribution is 2.32. The molecule has 1 saturated carbocycles. The first-order chi connectivity index (χ1) is 10.2. The molecule has 3 rings (SSSR count). The lowest BCUT2D eigenvalue weighted by Crippen LogP contribution is -2.39. The molecule has 0 aromatic carbocycles. The molecule has 1 aliphatic carbocycles. The van der Waals surface area contributed by atoms with Crippen LogP contribution in [-0.2, 0) is 17.8 Å². The van der Waals surface area contributed by atoms with Crippen molar-refractivity contribution < 1.29 is 4.79 Å². The number of nitrogens with zero attached hydrogens (tertiary/aromatic N) is 3. The molecule has 0 saturated heterocycles. The number of nitrogens with two attached hydrogens (primary N) is 1. The summed E-state index contributed by atoms with van der Waals surface area (Å²) in [5.74, 6) is 2.37. The molecule has 1 aliphatic heterocycles. The normalized spacial score (nSPS) is 28.4. The Labute approximate surface area is 125 Å². The van der Waals surface area contributed by atoms with Crippen LogP contribution in [0.2, 0.25) is 0 Å². The fourth-order valence-corrected chi connectivity index (χ4v) is 3.63. The highest BCUT2D eigenvalue weighted by Gasteiger charge is 2.34. The highest BCUT2D eigenvalue weighted by atomic mass is 16.2. The third-order valence-corrected chi connectivity index (χ3v) is 4.85. The van der Waals surface area contributed by atoms with Crippen LogP contribution in [0.1, 0.15) is 56.7 Å². The van der Waals surface area contributed by atoms with Crippen molar-refractivity contribution in [2.45, 2.75) is 58.0 Å². The van der Waals surface area contributed by atoms with Crippen molar-refractivity contribution in [1.29, 1.82) is 0 Å². The van der Waals surface area contributed by atoms with Gasteiger partial charge >= 0.3 is 0 Å². The van der Waals surface area contributed by atoms with Gasteiger partial charge in [0.25, 0.3) is 0 Å². The maximum Gasteiger partial charge on any atom is 0.224 e. The molecular formula is C15H25N5O. The molecule has 1 unspecified atom stereocenters. The minimum absolute atomic E-state index is 0.0121. The van der Waals surface area contributed by atoms with Crippen LogP contribution in [0.4, 0.5) is 0 Å². The van der Waals surface area contributed by atoms with E-state index in [2.05, 4.69) is 22.3 Å². The Morgan fingerprint density at radius 3 is 3.00 bits per heavy atom. The van der Waals surface area contributed by atoms with Gasteiger partial charge in [-0.1, -0.05) is 13.3 Å². The van der Waals surface area contributed by atoms with Gasteiger partial charge in [0.15, 0.2) is 5.82 Å². The number of fused-ring (bicyclic) bond motifs is 1. The van der Waals surface area contributed by atoms with Crippen molar-refractivity contribution in [2.75, 3.05) is 6.54 Å². The lowest BCUT2D eigenvalue weighted by molar-refractivity contribution is -0.127. The summed E-state index contributed by atoms with van der Waals surface area (Å²) in [6, 6.07) is 0.0121. The van der Waals surface area contributed by atoms with E-state index in [0.29, 0.717) is 12.5 Å². The van der Waals surface area contributed by atoms with Crippen LogP contribution in [0.25, 0.3) is 0 Å². The smallest absolute Gasteiger partial charge is 0.224 e. The van der Waals surface area contributed by atoms with Gasteiger partial charge in [-0.3, -0.25) is 4.79 Å². The van der Waals surface area contributed by atoms with Gasteiger partial charge in [0.05, 0.1) is 6.04 Å². The molecule has 6 heteroatoms. The monoisotopic (exact) mass is 291 g/mol. The van der Waals surface area contributed by atoms with Crippen molar-refractivity contribution in [2.24, 2.45) is 17.6 Å². The van der Waals surface area contributed by atoms with Crippen molar-refractivity contribution in [3.8, 4) is 0 Å². The standard InChI is InChI=1S/C15H25N5O/c1-2-13-18-14-12(7-4-8-20(14)19-13)17-15(21)11-6-3-5-10(11)9-16/h10-12H,2-9,16H2,1H3,(H,17,21)/t10-,11-,12?/m1/s1. The number of nitrogens with one attached hydrogen (secondary N) is 1. The van der Waals surface area contributed by atoms with Gasteiger partial charge in [-0.25, -0.2) is 9.67 Å². The van der Waals surface area contributed by atoms with E-state index in [1.54, 1.807) is 0 Å². The average molecular weight is 291 g/mol. The second-order valence-corrected chi connectivity index (χ2v) is 6.20. The number of carbonyl (C=O) groups is 1. The van der Waals surface area contributed by atoms with E-state index in [4.69, 9.17) is 5.73 Å². The summed E-state index contributed by atoms with van der Waals surface area (Å²) in [6.07, 6.45) is 5.98. The average Bonchev–Trinajstić information content (AvgIpc) is 3.13. The zero-order chi connectivity index (χ0) is 14.8. The van der Waals surface area contributed by atoms with E-state index in [-0.39, 0.29) is 17.9 Å². The molecule has 21 heavy (non-hydrogen) atoms. The first-order valence-corrected chi connectivity index (χ1v) is 8.17. The second-order valence-electron chi connectivity index (χ2n) is 6.20. The van der Waals surface area contributed by atoms with E-state index in [1.165, 1.54) is 0 Å². The molecule has 3 atom stereocenters. The third-order valence-electron chi connectivity index (χ3n) is 4.85. The minimum Gasteiger partial charge on any atom is -0.346 e. The summed E-state index contributed by atoms with van der Waals surface area (Å²) < 4.78 is 1.96. The van der Waals surface area contributed by atoms with Gasteiger partial charge in [-0.2, -0.15) is 5.10 Å². The highest BCUT2D eigenvalue weighted by molar-refractivity contribution is 5.79. The maximum atomic E-state index is 12.5. The number of rotatable bonds is 4. The number of amides is 1. The van der Waals surface area contributed by atoms with E-state index in [9.17, 15) is 4.79 Å². The summed E-state index contributed by atoms with van der Waals surface area (Å²) in [5, 5.41) is 7.69. The van der Waals surface area contributed by atoms with Crippen molar-refractivity contribution >= 4 is 5.91 Å². The molecule has 2 heterocycles. The van der Waals surface area contributed by atoms with Crippen LogP contribution in [0.3, 0.4) is 0 Å². The van der Waals surface area contributed by atoms with Gasteiger partial charge < -0.3 is 11.1 Å². The summed E-state index contributed by atoms with van der Waals surface area (Å²) in [7, 11) is 0. The molecule has 6 nitrogen and oxygen atoms in total. The van der Waals surface area contributed by atoms with Crippen LogP contribution < -0.4 is 11.1 Å². The summed E-state index contributed by atoms with van der Waals surface area (Å²) in [4.78, 5) is 17.1. The van der Waals surface area contributed by atoms with Gasteiger partial charge in [-0.05, 0) is 38.1 Å². The van der Waals surface area contributed by atoms with E-state index in [0.717, 1.165) is 56.7 Å². The number of aromatic nitrogens is 3. The van der Waals surface area contributed by atoms with Crippen molar-refractivity contribution in [1.82, 2.24) is 20.1 Å². The third kappa shape index (κ3) is 2.81. The molecule has 1 aromatic rings. The van der Waals surface area contributed by atoms with Crippen LogP contribution >= 0.6 is 0 Å². The summed E-state index contributed by atoms with van der Waals surface area (Å²) in [6.45, 7) is 3.57. The first kappa shape index (κ1) is 14.5. The number of carbonyl (C=O) groups excluding carboxylic acids is 1. The second kappa shape index (κ2) is 6.13. The van der Waals surface area contributed by atoms with Crippen LogP contribution in [0.5, 0.6) is 0 Å². The van der Waals surface area contributed by atoms with E-state index >= 15 is 0 Å². The van der Waals surface area contributed by atoms with E-state index in [1.807, 2.05) is 4.68 Å². The minimum atomic E-state index is 0.0121. The fraction of sp³-hybridized carbons (Fsp3) is 0.800.